The van der Waals surface area contributed by atoms with Crippen molar-refractivity contribution in [3.05, 3.63) is 78.4 Å². The molecular formula is C20H17N5O. The zero-order chi connectivity index (χ0) is 17.9. The van der Waals surface area contributed by atoms with E-state index in [0.29, 0.717) is 23.9 Å². The zero-order valence-corrected chi connectivity index (χ0v) is 14.3. The molecule has 0 amide bonds. The SMILES string of the molecule is CC(=O)c1ccc2nc(-n3ccnc3)nc(NCc3ccccc3)c2c1. The van der Waals surface area contributed by atoms with Gasteiger partial charge in [-0.3, -0.25) is 9.36 Å². The summed E-state index contributed by atoms with van der Waals surface area (Å²) in [7, 11) is 0. The van der Waals surface area contributed by atoms with E-state index in [4.69, 9.17) is 0 Å². The summed E-state index contributed by atoms with van der Waals surface area (Å²) in [6.45, 7) is 2.18. The first kappa shape index (κ1) is 16.0. The third kappa shape index (κ3) is 3.17. The Balaban J connectivity index is 1.80. The molecule has 0 aliphatic carbocycles. The number of imidazole rings is 1. The number of rotatable bonds is 5. The minimum absolute atomic E-state index is 0.0135. The lowest BCUT2D eigenvalue weighted by Gasteiger charge is -2.12. The van der Waals surface area contributed by atoms with Crippen molar-refractivity contribution >= 4 is 22.5 Å². The predicted octanol–water partition coefficient (Wildman–Crippen LogP) is 3.63. The molecule has 4 rings (SSSR count). The molecular weight excluding hydrogens is 326 g/mol. The van der Waals surface area contributed by atoms with Gasteiger partial charge in [-0.25, -0.2) is 9.97 Å². The number of nitrogens with zero attached hydrogens (tertiary/aromatic N) is 4. The highest BCUT2D eigenvalue weighted by Gasteiger charge is 2.11. The van der Waals surface area contributed by atoms with Crippen molar-refractivity contribution in [3.8, 4) is 5.95 Å². The Bertz CT molecular complexity index is 1060. The minimum Gasteiger partial charge on any atom is -0.365 e. The summed E-state index contributed by atoms with van der Waals surface area (Å²) in [5.74, 6) is 1.23. The Hall–Kier alpha value is -3.54. The predicted molar refractivity (Wildman–Crippen MR) is 100 cm³/mol. The van der Waals surface area contributed by atoms with Gasteiger partial charge in [0.05, 0.1) is 5.52 Å². The summed E-state index contributed by atoms with van der Waals surface area (Å²) >= 11 is 0. The highest BCUT2D eigenvalue weighted by Crippen LogP contribution is 2.24. The average molecular weight is 343 g/mol. The van der Waals surface area contributed by atoms with Crippen LogP contribution in [-0.4, -0.2) is 25.3 Å². The molecule has 0 bridgehead atoms. The molecule has 6 heteroatoms. The van der Waals surface area contributed by atoms with Crippen LogP contribution in [0.3, 0.4) is 0 Å². The highest BCUT2D eigenvalue weighted by atomic mass is 16.1. The van der Waals surface area contributed by atoms with Crippen molar-refractivity contribution in [2.45, 2.75) is 13.5 Å². The first-order chi connectivity index (χ1) is 12.7. The van der Waals surface area contributed by atoms with Gasteiger partial charge in [0.2, 0.25) is 5.95 Å². The second kappa shape index (κ2) is 6.76. The summed E-state index contributed by atoms with van der Waals surface area (Å²) in [4.78, 5) is 25.1. The Morgan fingerprint density at radius 3 is 2.69 bits per heavy atom. The lowest BCUT2D eigenvalue weighted by molar-refractivity contribution is 0.101. The number of carbonyl (C=O) groups is 1. The van der Waals surface area contributed by atoms with E-state index in [1.54, 1.807) is 36.3 Å². The Kier molecular flexibility index (Phi) is 4.15. The fourth-order valence-corrected chi connectivity index (χ4v) is 2.74. The van der Waals surface area contributed by atoms with E-state index in [1.807, 2.05) is 42.5 Å². The Morgan fingerprint density at radius 2 is 1.96 bits per heavy atom. The second-order valence-corrected chi connectivity index (χ2v) is 5.97. The van der Waals surface area contributed by atoms with Crippen molar-refractivity contribution in [1.29, 1.82) is 0 Å². The maximum atomic E-state index is 11.8. The molecule has 0 aliphatic heterocycles. The van der Waals surface area contributed by atoms with Crippen LogP contribution in [0, 0.1) is 0 Å². The van der Waals surface area contributed by atoms with Crippen LogP contribution in [0.4, 0.5) is 5.82 Å². The molecule has 128 valence electrons. The van der Waals surface area contributed by atoms with Crippen molar-refractivity contribution in [2.24, 2.45) is 0 Å². The van der Waals surface area contributed by atoms with E-state index in [0.717, 1.165) is 16.5 Å². The summed E-state index contributed by atoms with van der Waals surface area (Å²) in [6, 6.07) is 15.6. The van der Waals surface area contributed by atoms with E-state index in [9.17, 15) is 4.79 Å². The van der Waals surface area contributed by atoms with Gasteiger partial charge in [0.25, 0.3) is 0 Å². The molecule has 26 heavy (non-hydrogen) atoms. The van der Waals surface area contributed by atoms with E-state index < -0.39 is 0 Å². The van der Waals surface area contributed by atoms with Gasteiger partial charge in [0.15, 0.2) is 5.78 Å². The van der Waals surface area contributed by atoms with Crippen LogP contribution < -0.4 is 5.32 Å². The van der Waals surface area contributed by atoms with Gasteiger partial charge in [-0.15, -0.1) is 0 Å². The standard InChI is InChI=1S/C20H17N5O/c1-14(26)16-7-8-18-17(11-16)19(22-12-15-5-3-2-4-6-15)24-20(23-18)25-10-9-21-13-25/h2-11,13H,12H2,1H3,(H,22,23,24). The molecule has 0 aliphatic rings. The first-order valence-electron chi connectivity index (χ1n) is 8.29. The van der Waals surface area contributed by atoms with Crippen molar-refractivity contribution in [1.82, 2.24) is 19.5 Å². The fraction of sp³-hybridized carbons (Fsp3) is 0.100. The monoisotopic (exact) mass is 343 g/mol. The van der Waals surface area contributed by atoms with Crippen LogP contribution >= 0.6 is 0 Å². The van der Waals surface area contributed by atoms with E-state index in [2.05, 4.69) is 20.3 Å². The minimum atomic E-state index is 0.0135. The molecule has 2 heterocycles. The largest absolute Gasteiger partial charge is 0.365 e. The smallest absolute Gasteiger partial charge is 0.237 e. The van der Waals surface area contributed by atoms with Crippen molar-refractivity contribution in [2.75, 3.05) is 5.32 Å². The van der Waals surface area contributed by atoms with E-state index in [-0.39, 0.29) is 5.78 Å². The van der Waals surface area contributed by atoms with Gasteiger partial charge in [0.1, 0.15) is 12.1 Å². The third-order valence-electron chi connectivity index (χ3n) is 4.13. The first-order valence-corrected chi connectivity index (χ1v) is 8.29. The number of anilines is 1. The quantitative estimate of drug-likeness (QED) is 0.560. The number of hydrogen-bond acceptors (Lipinski definition) is 5. The van der Waals surface area contributed by atoms with E-state index in [1.165, 1.54) is 0 Å². The van der Waals surface area contributed by atoms with Crippen LogP contribution in [0.25, 0.3) is 16.9 Å². The van der Waals surface area contributed by atoms with Gasteiger partial charge in [-0.2, -0.15) is 4.98 Å². The fourth-order valence-electron chi connectivity index (χ4n) is 2.74. The zero-order valence-electron chi connectivity index (χ0n) is 14.3. The lowest BCUT2D eigenvalue weighted by Crippen LogP contribution is -2.07. The van der Waals surface area contributed by atoms with Gasteiger partial charge >= 0.3 is 0 Å². The van der Waals surface area contributed by atoms with Crippen LogP contribution in [0.15, 0.2) is 67.3 Å². The molecule has 0 saturated heterocycles. The second-order valence-electron chi connectivity index (χ2n) is 5.97. The summed E-state index contributed by atoms with van der Waals surface area (Å²) in [6.07, 6.45) is 5.14. The molecule has 0 radical (unpaired) electrons. The normalized spacial score (nSPS) is 10.8. The number of aromatic nitrogens is 4. The summed E-state index contributed by atoms with van der Waals surface area (Å²) in [5.41, 5.74) is 2.55. The molecule has 0 saturated carbocycles. The van der Waals surface area contributed by atoms with Gasteiger partial charge in [-0.05, 0) is 30.7 Å². The molecule has 6 nitrogen and oxygen atoms in total. The van der Waals surface area contributed by atoms with Crippen LogP contribution in [0.5, 0.6) is 0 Å². The van der Waals surface area contributed by atoms with Gasteiger partial charge in [0, 0.05) is 29.9 Å². The summed E-state index contributed by atoms with van der Waals surface area (Å²) < 4.78 is 1.76. The topological polar surface area (TPSA) is 72.7 Å². The molecule has 1 N–H and O–H groups in total. The molecule has 0 fully saturated rings. The molecule has 4 aromatic rings. The molecule has 0 spiro atoms. The van der Waals surface area contributed by atoms with Gasteiger partial charge < -0.3 is 5.32 Å². The Morgan fingerprint density at radius 1 is 1.12 bits per heavy atom. The average Bonchev–Trinajstić information content (AvgIpc) is 3.21. The van der Waals surface area contributed by atoms with Crippen LogP contribution in [0.1, 0.15) is 22.8 Å². The molecule has 2 aromatic heterocycles. The van der Waals surface area contributed by atoms with Crippen molar-refractivity contribution < 1.29 is 4.79 Å². The maximum absolute atomic E-state index is 11.8. The number of benzene rings is 2. The Labute approximate surface area is 150 Å². The van der Waals surface area contributed by atoms with Gasteiger partial charge in [-0.1, -0.05) is 30.3 Å². The van der Waals surface area contributed by atoms with Crippen LogP contribution in [0.2, 0.25) is 0 Å². The summed E-state index contributed by atoms with van der Waals surface area (Å²) in [5, 5.41) is 4.19. The highest BCUT2D eigenvalue weighted by molar-refractivity contribution is 6.00. The lowest BCUT2D eigenvalue weighted by atomic mass is 10.1. The number of nitrogens with one attached hydrogen (secondary N) is 1. The number of ketones is 1. The third-order valence-corrected chi connectivity index (χ3v) is 4.13. The van der Waals surface area contributed by atoms with Crippen molar-refractivity contribution in [3.63, 3.8) is 0 Å². The molecule has 0 atom stereocenters. The number of hydrogen-bond donors (Lipinski definition) is 1. The maximum Gasteiger partial charge on any atom is 0.237 e. The molecule has 2 aromatic carbocycles. The number of fused-ring (bicyclic) bond motifs is 1. The molecule has 0 unspecified atom stereocenters. The van der Waals surface area contributed by atoms with Crippen LogP contribution in [-0.2, 0) is 6.54 Å². The number of Topliss-reactive ketones (excluding diaryl/α,β-unsaturated/α-hetero) is 1. The van der Waals surface area contributed by atoms with E-state index >= 15 is 0 Å². The number of carbonyl (C=O) groups excluding carboxylic acids is 1.